The molecule has 4 N–H and O–H groups in total. The molecule has 6 heteroatoms. The minimum absolute atomic E-state index is 0.0792. The molecule has 1 rings (SSSR count). The predicted molar refractivity (Wildman–Crippen MR) is 61.5 cm³/mol. The van der Waals surface area contributed by atoms with Gasteiger partial charge in [-0.1, -0.05) is 12.8 Å². The van der Waals surface area contributed by atoms with Crippen molar-refractivity contribution in [1.29, 1.82) is 0 Å². The van der Waals surface area contributed by atoms with Gasteiger partial charge in [-0.2, -0.15) is 0 Å². The molecule has 1 aliphatic rings. The third kappa shape index (κ3) is 4.24. The van der Waals surface area contributed by atoms with E-state index < -0.39 is 19.1 Å². The first-order valence-electron chi connectivity index (χ1n) is 5.70. The van der Waals surface area contributed by atoms with Crippen LogP contribution in [-0.2, 0) is 9.36 Å². The first kappa shape index (κ1) is 13.7. The lowest BCUT2D eigenvalue weighted by Crippen LogP contribution is -2.24. The highest BCUT2D eigenvalue weighted by Gasteiger charge is 2.32. The molecule has 0 saturated heterocycles. The molecule has 1 aliphatic carbocycles. The zero-order valence-corrected chi connectivity index (χ0v) is 10.2. The van der Waals surface area contributed by atoms with Crippen LogP contribution in [0.3, 0.4) is 0 Å². The molecule has 0 aromatic carbocycles. The van der Waals surface area contributed by atoms with Crippen LogP contribution in [0.1, 0.15) is 38.5 Å². The summed E-state index contributed by atoms with van der Waals surface area (Å²) in [4.78, 5) is 20.1. The fourth-order valence-corrected chi connectivity index (χ4v) is 4.08. The van der Waals surface area contributed by atoms with Gasteiger partial charge in [0.05, 0.1) is 5.78 Å². The van der Waals surface area contributed by atoms with Crippen LogP contribution in [0.2, 0.25) is 0 Å². The number of carboxylic acids is 1. The Morgan fingerprint density at radius 2 is 2.00 bits per heavy atom. The molecular formula is C10H20NO4P. The Bertz CT molecular complexity index is 289. The molecular weight excluding hydrogens is 229 g/mol. The Labute approximate surface area is 95.5 Å². The highest BCUT2D eigenvalue weighted by molar-refractivity contribution is 7.58. The van der Waals surface area contributed by atoms with E-state index in [9.17, 15) is 14.3 Å². The number of hydrogen-bond donors (Lipinski definition) is 3. The van der Waals surface area contributed by atoms with Crippen molar-refractivity contribution >= 4 is 13.3 Å². The highest BCUT2D eigenvalue weighted by atomic mass is 31.2. The summed E-state index contributed by atoms with van der Waals surface area (Å²) in [5.41, 5.74) is 5.60. The average Bonchev–Trinajstić information content (AvgIpc) is 2.65. The molecule has 94 valence electrons. The van der Waals surface area contributed by atoms with Crippen molar-refractivity contribution in [2.75, 3.05) is 6.16 Å². The van der Waals surface area contributed by atoms with E-state index in [0.29, 0.717) is 5.92 Å². The summed E-state index contributed by atoms with van der Waals surface area (Å²) in [5, 5.41) is 8.49. The van der Waals surface area contributed by atoms with Gasteiger partial charge in [0.2, 0.25) is 7.37 Å². The minimum Gasteiger partial charge on any atom is -0.481 e. The van der Waals surface area contributed by atoms with Gasteiger partial charge >= 0.3 is 5.97 Å². The van der Waals surface area contributed by atoms with E-state index in [1.807, 2.05) is 0 Å². The number of carbonyl (C=O) groups is 1. The predicted octanol–water partition coefficient (Wildman–Crippen LogP) is 1.60. The van der Waals surface area contributed by atoms with Crippen molar-refractivity contribution in [2.45, 2.75) is 44.3 Å². The summed E-state index contributed by atoms with van der Waals surface area (Å²) in [6.07, 6.45) is 4.43. The molecule has 2 atom stereocenters. The van der Waals surface area contributed by atoms with Gasteiger partial charge in [0.15, 0.2) is 0 Å². The van der Waals surface area contributed by atoms with Crippen molar-refractivity contribution in [3.63, 3.8) is 0 Å². The van der Waals surface area contributed by atoms with Gasteiger partial charge in [-0.3, -0.25) is 9.36 Å². The fourth-order valence-electron chi connectivity index (χ4n) is 2.17. The summed E-state index contributed by atoms with van der Waals surface area (Å²) >= 11 is 0. The van der Waals surface area contributed by atoms with Gasteiger partial charge in [0.1, 0.15) is 0 Å². The van der Waals surface area contributed by atoms with E-state index in [4.69, 9.17) is 10.8 Å². The highest BCUT2D eigenvalue weighted by Crippen LogP contribution is 2.49. The summed E-state index contributed by atoms with van der Waals surface area (Å²) in [6.45, 7) is 0. The molecule has 0 spiro atoms. The van der Waals surface area contributed by atoms with E-state index in [0.717, 1.165) is 25.7 Å². The maximum absolute atomic E-state index is 11.9. The molecule has 1 fully saturated rings. The molecule has 1 saturated carbocycles. The SMILES string of the molecule is NC(CCC(=O)O)P(=O)(O)CC1CCCC1. The second kappa shape index (κ2) is 5.80. The first-order valence-corrected chi connectivity index (χ1v) is 7.62. The van der Waals surface area contributed by atoms with Crippen LogP contribution < -0.4 is 5.73 Å². The van der Waals surface area contributed by atoms with Crippen LogP contribution in [0, 0.1) is 5.92 Å². The van der Waals surface area contributed by atoms with Gasteiger partial charge in [0.25, 0.3) is 0 Å². The summed E-state index contributed by atoms with van der Waals surface area (Å²) in [5.74, 6) is -1.56. The van der Waals surface area contributed by atoms with Crippen LogP contribution in [0.5, 0.6) is 0 Å². The zero-order valence-electron chi connectivity index (χ0n) is 9.34. The third-order valence-electron chi connectivity index (χ3n) is 3.17. The number of nitrogens with two attached hydrogens (primary N) is 1. The monoisotopic (exact) mass is 249 g/mol. The zero-order chi connectivity index (χ0) is 12.2. The maximum Gasteiger partial charge on any atom is 0.303 e. The minimum atomic E-state index is -3.37. The Morgan fingerprint density at radius 1 is 1.44 bits per heavy atom. The van der Waals surface area contributed by atoms with E-state index in [1.165, 1.54) is 0 Å². The van der Waals surface area contributed by atoms with E-state index in [2.05, 4.69) is 0 Å². The van der Waals surface area contributed by atoms with Crippen molar-refractivity contribution in [2.24, 2.45) is 11.7 Å². The maximum atomic E-state index is 11.9. The summed E-state index contributed by atoms with van der Waals surface area (Å²) in [7, 11) is -3.37. The second-order valence-corrected chi connectivity index (χ2v) is 7.13. The Balaban J connectivity index is 2.41. The van der Waals surface area contributed by atoms with Crippen LogP contribution >= 0.6 is 7.37 Å². The number of hydrogen-bond acceptors (Lipinski definition) is 3. The van der Waals surface area contributed by atoms with E-state index >= 15 is 0 Å². The fraction of sp³-hybridized carbons (Fsp3) is 0.900. The molecule has 5 nitrogen and oxygen atoms in total. The van der Waals surface area contributed by atoms with Crippen LogP contribution in [0.15, 0.2) is 0 Å². The van der Waals surface area contributed by atoms with Gasteiger partial charge in [-0.25, -0.2) is 0 Å². The largest absolute Gasteiger partial charge is 0.481 e. The van der Waals surface area contributed by atoms with Crippen LogP contribution in [0.4, 0.5) is 0 Å². The van der Waals surface area contributed by atoms with Crippen molar-refractivity contribution < 1.29 is 19.4 Å². The smallest absolute Gasteiger partial charge is 0.303 e. The van der Waals surface area contributed by atoms with Crippen LogP contribution in [-0.4, -0.2) is 27.9 Å². The number of rotatable bonds is 6. The van der Waals surface area contributed by atoms with E-state index in [1.54, 1.807) is 0 Å². The van der Waals surface area contributed by atoms with Gasteiger partial charge < -0.3 is 15.7 Å². The quantitative estimate of drug-likeness (QED) is 0.621. The van der Waals surface area contributed by atoms with Gasteiger partial charge in [-0.05, 0) is 25.2 Å². The Morgan fingerprint density at radius 3 is 2.50 bits per heavy atom. The van der Waals surface area contributed by atoms with Gasteiger partial charge in [-0.15, -0.1) is 0 Å². The number of carboxylic acid groups (broad SMARTS) is 1. The lowest BCUT2D eigenvalue weighted by atomic mass is 10.1. The standard InChI is InChI=1S/C10H20NO4P/c11-9(5-6-10(12)13)16(14,15)7-8-3-1-2-4-8/h8-9H,1-7,11H2,(H,12,13)(H,14,15). The molecule has 0 aliphatic heterocycles. The third-order valence-corrected chi connectivity index (χ3v) is 5.50. The molecule has 0 aromatic heterocycles. The van der Waals surface area contributed by atoms with Crippen molar-refractivity contribution in [3.05, 3.63) is 0 Å². The average molecular weight is 249 g/mol. The van der Waals surface area contributed by atoms with Crippen LogP contribution in [0.25, 0.3) is 0 Å². The van der Waals surface area contributed by atoms with Gasteiger partial charge in [0, 0.05) is 12.6 Å². The number of aliphatic carboxylic acids is 1. The normalized spacial score (nSPS) is 22.9. The Kier molecular flexibility index (Phi) is 4.96. The molecule has 16 heavy (non-hydrogen) atoms. The summed E-state index contributed by atoms with van der Waals surface area (Å²) < 4.78 is 11.9. The molecule has 0 radical (unpaired) electrons. The summed E-state index contributed by atoms with van der Waals surface area (Å²) in [6, 6.07) is 0. The van der Waals surface area contributed by atoms with Crippen molar-refractivity contribution in [3.8, 4) is 0 Å². The molecule has 0 amide bonds. The molecule has 0 heterocycles. The van der Waals surface area contributed by atoms with E-state index in [-0.39, 0.29) is 19.0 Å². The lowest BCUT2D eigenvalue weighted by Gasteiger charge is -2.21. The molecule has 0 bridgehead atoms. The second-order valence-electron chi connectivity index (χ2n) is 4.59. The topological polar surface area (TPSA) is 101 Å². The van der Waals surface area contributed by atoms with Crippen molar-refractivity contribution in [1.82, 2.24) is 0 Å². The lowest BCUT2D eigenvalue weighted by molar-refractivity contribution is -0.137. The molecule has 0 aromatic rings. The Hall–Kier alpha value is -0.380. The molecule has 2 unspecified atom stereocenters. The first-order chi connectivity index (χ1) is 7.42.